The number of aromatic nitrogens is 1. The highest BCUT2D eigenvalue weighted by atomic mass is 16.5. The molecule has 0 aliphatic carbocycles. The molecule has 0 radical (unpaired) electrons. The number of carbonyl (C=O) groups excluding carboxylic acids is 2. The Bertz CT molecular complexity index is 627. The average Bonchev–Trinajstić information content (AvgIpc) is 2.77. The maximum atomic E-state index is 12.5. The van der Waals surface area contributed by atoms with E-state index in [1.165, 1.54) is 7.11 Å². The van der Waals surface area contributed by atoms with Gasteiger partial charge < -0.3 is 9.30 Å². The van der Waals surface area contributed by atoms with Crippen LogP contribution in [0, 0.1) is 5.92 Å². The van der Waals surface area contributed by atoms with Crippen molar-refractivity contribution in [3.8, 4) is 0 Å². The Kier molecular flexibility index (Phi) is 3.69. The maximum Gasteiger partial charge on any atom is 0.316 e. The van der Waals surface area contributed by atoms with E-state index in [4.69, 9.17) is 4.74 Å². The Hall–Kier alpha value is -2.10. The fourth-order valence-corrected chi connectivity index (χ4v) is 2.33. The van der Waals surface area contributed by atoms with Gasteiger partial charge in [0.05, 0.1) is 7.11 Å². The van der Waals surface area contributed by atoms with Gasteiger partial charge in [-0.05, 0) is 12.5 Å². The Morgan fingerprint density at radius 2 is 2.00 bits per heavy atom. The van der Waals surface area contributed by atoms with Crippen molar-refractivity contribution in [1.82, 2.24) is 4.57 Å². The number of para-hydroxylation sites is 1. The highest BCUT2D eigenvalue weighted by molar-refractivity contribution is 6.15. The Labute approximate surface area is 112 Å². The number of nitrogens with zero attached hydrogens (tertiary/aromatic N) is 1. The van der Waals surface area contributed by atoms with Gasteiger partial charge in [0, 0.05) is 29.7 Å². The van der Waals surface area contributed by atoms with Crippen LogP contribution in [0.4, 0.5) is 0 Å². The zero-order valence-corrected chi connectivity index (χ0v) is 11.3. The van der Waals surface area contributed by atoms with Crippen LogP contribution in [0.2, 0.25) is 0 Å². The zero-order valence-electron chi connectivity index (χ0n) is 11.3. The van der Waals surface area contributed by atoms with E-state index in [0.717, 1.165) is 10.9 Å². The number of carbonyl (C=O) groups is 2. The van der Waals surface area contributed by atoms with Crippen molar-refractivity contribution in [1.29, 1.82) is 0 Å². The molecule has 100 valence electrons. The van der Waals surface area contributed by atoms with E-state index < -0.39 is 11.9 Å². The lowest BCUT2D eigenvalue weighted by Gasteiger charge is -2.10. The summed E-state index contributed by atoms with van der Waals surface area (Å²) in [5.74, 6) is -1.37. The number of fused-ring (bicyclic) bond motifs is 1. The summed E-state index contributed by atoms with van der Waals surface area (Å²) in [5, 5.41) is 0.873. The van der Waals surface area contributed by atoms with Gasteiger partial charge in [-0.1, -0.05) is 25.1 Å². The van der Waals surface area contributed by atoms with E-state index in [1.54, 1.807) is 6.20 Å². The van der Waals surface area contributed by atoms with Crippen LogP contribution in [0.5, 0.6) is 0 Å². The number of hydrogen-bond donors (Lipinski definition) is 0. The van der Waals surface area contributed by atoms with Gasteiger partial charge in [0.1, 0.15) is 5.92 Å². The molecular weight excluding hydrogens is 242 g/mol. The number of ketones is 1. The molecule has 4 heteroatoms. The summed E-state index contributed by atoms with van der Waals surface area (Å²) in [6, 6.07) is 7.66. The predicted octanol–water partition coefficient (Wildman–Crippen LogP) is 2.56. The summed E-state index contributed by atoms with van der Waals surface area (Å²) in [6.07, 6.45) is 2.22. The number of aryl methyl sites for hydroxylation is 1. The van der Waals surface area contributed by atoms with E-state index in [-0.39, 0.29) is 5.78 Å². The van der Waals surface area contributed by atoms with Gasteiger partial charge in [0.25, 0.3) is 0 Å². The third kappa shape index (κ3) is 2.26. The molecule has 0 N–H and O–H groups in total. The van der Waals surface area contributed by atoms with E-state index in [2.05, 4.69) is 0 Å². The lowest BCUT2D eigenvalue weighted by Crippen LogP contribution is -2.24. The molecule has 2 aromatic rings. The highest BCUT2D eigenvalue weighted by Crippen LogP contribution is 2.24. The molecule has 0 aliphatic rings. The van der Waals surface area contributed by atoms with E-state index >= 15 is 0 Å². The van der Waals surface area contributed by atoms with Crippen LogP contribution in [0.25, 0.3) is 10.9 Å². The number of rotatable bonds is 4. The van der Waals surface area contributed by atoms with Gasteiger partial charge in [-0.25, -0.2) is 0 Å². The average molecular weight is 259 g/mol. The number of benzene rings is 1. The highest BCUT2D eigenvalue weighted by Gasteiger charge is 2.28. The standard InChI is InChI=1S/C15H17NO3/c1-4-10(15(18)19-3)14(17)12-9-16(2)13-8-6-5-7-11(12)13/h5-10H,4H2,1-3H3. The number of hydrogen-bond acceptors (Lipinski definition) is 3. The van der Waals surface area contributed by atoms with Gasteiger partial charge in [0.2, 0.25) is 0 Å². The van der Waals surface area contributed by atoms with Crippen molar-refractivity contribution in [3.63, 3.8) is 0 Å². The first kappa shape index (κ1) is 13.3. The van der Waals surface area contributed by atoms with Crippen LogP contribution in [0.15, 0.2) is 30.5 Å². The van der Waals surface area contributed by atoms with Gasteiger partial charge >= 0.3 is 5.97 Å². The molecule has 1 atom stereocenters. The molecule has 0 amide bonds. The third-order valence-electron chi connectivity index (χ3n) is 3.37. The summed E-state index contributed by atoms with van der Waals surface area (Å²) in [6.45, 7) is 1.81. The van der Waals surface area contributed by atoms with Gasteiger partial charge in [-0.3, -0.25) is 9.59 Å². The monoisotopic (exact) mass is 259 g/mol. The number of esters is 1. The molecule has 4 nitrogen and oxygen atoms in total. The first-order valence-corrected chi connectivity index (χ1v) is 6.26. The topological polar surface area (TPSA) is 48.3 Å². The normalized spacial score (nSPS) is 12.4. The van der Waals surface area contributed by atoms with Gasteiger partial charge in [-0.15, -0.1) is 0 Å². The molecule has 0 spiro atoms. The summed E-state index contributed by atoms with van der Waals surface area (Å²) >= 11 is 0. The van der Waals surface area contributed by atoms with E-state index in [1.807, 2.05) is 42.8 Å². The van der Waals surface area contributed by atoms with E-state index in [0.29, 0.717) is 12.0 Å². The first-order chi connectivity index (χ1) is 9.10. The van der Waals surface area contributed by atoms with Crippen LogP contribution < -0.4 is 0 Å². The SMILES string of the molecule is CCC(C(=O)OC)C(=O)c1cn(C)c2ccccc12. The third-order valence-corrected chi connectivity index (χ3v) is 3.37. The van der Waals surface area contributed by atoms with Crippen molar-refractivity contribution in [2.24, 2.45) is 13.0 Å². The summed E-state index contributed by atoms with van der Waals surface area (Å²) in [7, 11) is 3.19. The minimum Gasteiger partial charge on any atom is -0.468 e. The number of methoxy groups -OCH3 is 1. The predicted molar refractivity (Wildman–Crippen MR) is 73.0 cm³/mol. The molecule has 0 bridgehead atoms. The first-order valence-electron chi connectivity index (χ1n) is 6.26. The lowest BCUT2D eigenvalue weighted by molar-refractivity contribution is -0.143. The molecule has 19 heavy (non-hydrogen) atoms. The second-order valence-corrected chi connectivity index (χ2v) is 4.52. The van der Waals surface area contributed by atoms with Crippen molar-refractivity contribution in [2.75, 3.05) is 7.11 Å². The summed E-state index contributed by atoms with van der Waals surface area (Å²) in [5.41, 5.74) is 1.56. The van der Waals surface area contributed by atoms with Crippen molar-refractivity contribution in [2.45, 2.75) is 13.3 Å². The smallest absolute Gasteiger partial charge is 0.316 e. The Balaban J connectivity index is 2.49. The largest absolute Gasteiger partial charge is 0.468 e. The molecule has 1 heterocycles. The molecule has 1 unspecified atom stereocenters. The second-order valence-electron chi connectivity index (χ2n) is 4.52. The van der Waals surface area contributed by atoms with Crippen molar-refractivity contribution in [3.05, 3.63) is 36.0 Å². The molecule has 2 rings (SSSR count). The molecule has 0 saturated heterocycles. The van der Waals surface area contributed by atoms with Crippen LogP contribution in [0.3, 0.4) is 0 Å². The molecule has 0 aliphatic heterocycles. The zero-order chi connectivity index (χ0) is 14.0. The Morgan fingerprint density at radius 3 is 2.63 bits per heavy atom. The Morgan fingerprint density at radius 1 is 1.32 bits per heavy atom. The van der Waals surface area contributed by atoms with Crippen LogP contribution >= 0.6 is 0 Å². The van der Waals surface area contributed by atoms with Gasteiger partial charge in [-0.2, -0.15) is 0 Å². The van der Waals surface area contributed by atoms with Crippen molar-refractivity contribution >= 4 is 22.7 Å². The molecule has 0 saturated carbocycles. The quantitative estimate of drug-likeness (QED) is 0.481. The molecular formula is C15H17NO3. The minimum atomic E-state index is -0.726. The fourth-order valence-electron chi connectivity index (χ4n) is 2.33. The second kappa shape index (κ2) is 5.26. The van der Waals surface area contributed by atoms with Crippen LogP contribution in [-0.2, 0) is 16.6 Å². The van der Waals surface area contributed by atoms with Crippen molar-refractivity contribution < 1.29 is 14.3 Å². The van der Waals surface area contributed by atoms with Crippen LogP contribution in [-0.4, -0.2) is 23.4 Å². The van der Waals surface area contributed by atoms with Crippen LogP contribution in [0.1, 0.15) is 23.7 Å². The fraction of sp³-hybridized carbons (Fsp3) is 0.333. The molecule has 0 fully saturated rings. The molecule has 1 aromatic heterocycles. The number of ether oxygens (including phenoxy) is 1. The summed E-state index contributed by atoms with van der Waals surface area (Å²) < 4.78 is 6.59. The lowest BCUT2D eigenvalue weighted by atomic mass is 9.95. The molecule has 1 aromatic carbocycles. The van der Waals surface area contributed by atoms with Gasteiger partial charge in [0.15, 0.2) is 5.78 Å². The maximum absolute atomic E-state index is 12.5. The van der Waals surface area contributed by atoms with E-state index in [9.17, 15) is 9.59 Å². The number of Topliss-reactive ketones (excluding diaryl/α,β-unsaturated/α-hetero) is 1. The summed E-state index contributed by atoms with van der Waals surface area (Å²) in [4.78, 5) is 24.1. The minimum absolute atomic E-state index is 0.175.